The molecular formula is C7H10NO2S+. The Morgan fingerprint density at radius 3 is 3.00 bits per heavy atom. The van der Waals surface area contributed by atoms with Crippen LogP contribution in [0.4, 0.5) is 4.79 Å². The molecule has 0 N–H and O–H groups in total. The molecule has 0 spiro atoms. The van der Waals surface area contributed by atoms with Crippen LogP contribution in [0.1, 0.15) is 11.9 Å². The minimum Gasteiger partial charge on any atom is -0.422 e. The van der Waals surface area contributed by atoms with Gasteiger partial charge in [0.1, 0.15) is 10.5 Å². The quantitative estimate of drug-likeness (QED) is 0.506. The second-order valence-electron chi connectivity index (χ2n) is 1.95. The van der Waals surface area contributed by atoms with E-state index in [4.69, 9.17) is 4.74 Å². The first-order chi connectivity index (χ1) is 5.25. The van der Waals surface area contributed by atoms with Crippen LogP contribution in [-0.4, -0.2) is 16.9 Å². The number of carbonyl (C=O) groups excluding carboxylic acids is 1. The van der Waals surface area contributed by atoms with Crippen LogP contribution < -0.4 is 0 Å². The number of hydrogen-bond acceptors (Lipinski definition) is 3. The zero-order chi connectivity index (χ0) is 8.27. The molecule has 0 fully saturated rings. The topological polar surface area (TPSA) is 39.2 Å². The third kappa shape index (κ3) is 1.77. The molecule has 1 atom stereocenters. The van der Waals surface area contributed by atoms with Gasteiger partial charge in [-0.25, -0.2) is 4.98 Å². The average molecular weight is 172 g/mol. The van der Waals surface area contributed by atoms with Crippen LogP contribution in [0.25, 0.3) is 0 Å². The van der Waals surface area contributed by atoms with Gasteiger partial charge < -0.3 is 4.74 Å². The molecule has 1 unspecified atom stereocenters. The minimum absolute atomic E-state index is 0.178. The molecule has 0 amide bonds. The fourth-order valence-corrected chi connectivity index (χ4v) is 1.86. The maximum Gasteiger partial charge on any atom is 0.556 e. The van der Waals surface area contributed by atoms with Crippen molar-refractivity contribution in [1.29, 1.82) is 0 Å². The Kier molecular flexibility index (Phi) is 2.59. The van der Waals surface area contributed by atoms with E-state index in [1.165, 1.54) is 0 Å². The van der Waals surface area contributed by atoms with E-state index < -0.39 is 10.5 Å². The number of hydrogen-bond donors (Lipinski definition) is 0. The van der Waals surface area contributed by atoms with Gasteiger partial charge in [-0.3, -0.25) is 0 Å². The third-order valence-corrected chi connectivity index (χ3v) is 2.83. The molecule has 0 bridgehead atoms. The van der Waals surface area contributed by atoms with Crippen LogP contribution in [0, 0.1) is 6.92 Å². The molecule has 0 saturated carbocycles. The van der Waals surface area contributed by atoms with Crippen molar-refractivity contribution >= 4 is 15.8 Å². The van der Waals surface area contributed by atoms with Crippen LogP contribution in [0.3, 0.4) is 0 Å². The van der Waals surface area contributed by atoms with Gasteiger partial charge in [0.2, 0.25) is 0 Å². The first-order valence-corrected chi connectivity index (χ1v) is 4.65. The lowest BCUT2D eigenvalue weighted by molar-refractivity contribution is 0.180. The standard InChI is InChI=1S/C7H10NO2S/c1-3-10-7(9)11-5-4-8-6(11)2/h4-5H,3H2,1-2H3/q+1. The van der Waals surface area contributed by atoms with E-state index in [-0.39, 0.29) is 5.30 Å². The lowest BCUT2D eigenvalue weighted by Gasteiger charge is -1.89. The van der Waals surface area contributed by atoms with Crippen molar-refractivity contribution < 1.29 is 9.53 Å². The Morgan fingerprint density at radius 1 is 1.82 bits per heavy atom. The summed E-state index contributed by atoms with van der Waals surface area (Å²) in [6, 6.07) is 0. The molecule has 0 saturated heterocycles. The molecule has 0 aliphatic heterocycles. The van der Waals surface area contributed by atoms with E-state index in [0.29, 0.717) is 6.61 Å². The fraction of sp³-hybridized carbons (Fsp3) is 0.429. The van der Waals surface area contributed by atoms with Gasteiger partial charge in [-0.15, -0.1) is 0 Å². The van der Waals surface area contributed by atoms with Gasteiger partial charge in [-0.2, -0.15) is 4.79 Å². The number of nitrogens with zero attached hydrogens (tertiary/aromatic N) is 1. The van der Waals surface area contributed by atoms with E-state index in [0.717, 1.165) is 5.01 Å². The van der Waals surface area contributed by atoms with Crippen molar-refractivity contribution in [3.63, 3.8) is 0 Å². The highest BCUT2D eigenvalue weighted by Gasteiger charge is 2.22. The number of aromatic nitrogens is 1. The Labute approximate surface area is 68.0 Å². The summed E-state index contributed by atoms with van der Waals surface area (Å²) >= 11 is 0. The van der Waals surface area contributed by atoms with Crippen LogP contribution in [0.5, 0.6) is 0 Å². The predicted molar refractivity (Wildman–Crippen MR) is 43.9 cm³/mol. The van der Waals surface area contributed by atoms with Crippen LogP contribution in [0.2, 0.25) is 0 Å². The molecule has 4 heteroatoms. The molecular weight excluding hydrogens is 162 g/mol. The van der Waals surface area contributed by atoms with E-state index in [2.05, 4.69) is 4.98 Å². The number of rotatable bonds is 2. The van der Waals surface area contributed by atoms with Gasteiger partial charge in [0.15, 0.2) is 5.38 Å². The second-order valence-corrected chi connectivity index (χ2v) is 3.83. The SMILES string of the molecule is CCOC(=O)[s+]1ccnc1C. The Hall–Kier alpha value is -0.900. The molecule has 0 aliphatic carbocycles. The van der Waals surface area contributed by atoms with E-state index in [1.54, 1.807) is 18.5 Å². The van der Waals surface area contributed by atoms with E-state index in [1.807, 2.05) is 6.92 Å². The van der Waals surface area contributed by atoms with E-state index >= 15 is 0 Å². The first-order valence-electron chi connectivity index (χ1n) is 3.36. The van der Waals surface area contributed by atoms with Crippen molar-refractivity contribution in [3.8, 4) is 0 Å². The lowest BCUT2D eigenvalue weighted by Crippen LogP contribution is -1.96. The lowest BCUT2D eigenvalue weighted by atomic mass is 10.8. The van der Waals surface area contributed by atoms with Crippen molar-refractivity contribution in [1.82, 2.24) is 4.98 Å². The minimum atomic E-state index is -0.508. The summed E-state index contributed by atoms with van der Waals surface area (Å²) in [5.41, 5.74) is 0. The van der Waals surface area contributed by atoms with Crippen LogP contribution >= 0.6 is 10.5 Å². The predicted octanol–water partition coefficient (Wildman–Crippen LogP) is 2.14. The van der Waals surface area contributed by atoms with Gasteiger partial charge in [0.05, 0.1) is 12.8 Å². The summed E-state index contributed by atoms with van der Waals surface area (Å²) in [7, 11) is -0.508. The smallest absolute Gasteiger partial charge is 0.422 e. The summed E-state index contributed by atoms with van der Waals surface area (Å²) in [4.78, 5) is 15.1. The molecule has 1 rings (SSSR count). The molecule has 0 aromatic carbocycles. The summed E-state index contributed by atoms with van der Waals surface area (Å²) in [5.74, 6) is 0. The van der Waals surface area contributed by atoms with Gasteiger partial charge >= 0.3 is 5.30 Å². The Bertz CT molecular complexity index is 257. The highest BCUT2D eigenvalue weighted by atomic mass is 32.2. The Balaban J connectivity index is 2.76. The van der Waals surface area contributed by atoms with Gasteiger partial charge in [-0.1, -0.05) is 0 Å². The summed E-state index contributed by atoms with van der Waals surface area (Å²) < 4.78 is 4.84. The molecule has 1 heterocycles. The van der Waals surface area contributed by atoms with Crippen LogP contribution in [-0.2, 0) is 4.74 Å². The second kappa shape index (κ2) is 3.48. The van der Waals surface area contributed by atoms with Gasteiger partial charge in [-0.05, 0) is 6.92 Å². The number of aryl methyl sites for hydroxylation is 1. The molecule has 3 nitrogen and oxygen atoms in total. The normalized spacial score (nSPS) is 11.3. The van der Waals surface area contributed by atoms with Crippen molar-refractivity contribution in [3.05, 3.63) is 16.6 Å². The Morgan fingerprint density at radius 2 is 2.55 bits per heavy atom. The first kappa shape index (κ1) is 8.20. The monoisotopic (exact) mass is 172 g/mol. The number of ether oxygens (including phenoxy) is 1. The van der Waals surface area contributed by atoms with E-state index in [9.17, 15) is 4.79 Å². The summed E-state index contributed by atoms with van der Waals surface area (Å²) in [6.45, 7) is 4.07. The number of carbonyl (C=O) groups is 1. The van der Waals surface area contributed by atoms with Gasteiger partial charge in [0, 0.05) is 6.92 Å². The molecule has 60 valence electrons. The van der Waals surface area contributed by atoms with Crippen molar-refractivity contribution in [2.24, 2.45) is 0 Å². The molecule has 1 aromatic rings. The zero-order valence-electron chi connectivity index (χ0n) is 6.53. The number of thiazole rings is 1. The fourth-order valence-electron chi connectivity index (χ4n) is 0.709. The maximum atomic E-state index is 11.1. The largest absolute Gasteiger partial charge is 0.556 e. The van der Waals surface area contributed by atoms with Crippen molar-refractivity contribution in [2.45, 2.75) is 13.8 Å². The average Bonchev–Trinajstić information content (AvgIpc) is 2.36. The molecule has 0 aliphatic rings. The van der Waals surface area contributed by atoms with Crippen LogP contribution in [0.15, 0.2) is 11.6 Å². The molecule has 1 aromatic heterocycles. The third-order valence-electron chi connectivity index (χ3n) is 1.21. The highest BCUT2D eigenvalue weighted by Crippen LogP contribution is 2.22. The highest BCUT2D eigenvalue weighted by molar-refractivity contribution is 7.49. The maximum absolute atomic E-state index is 11.1. The zero-order valence-corrected chi connectivity index (χ0v) is 7.35. The van der Waals surface area contributed by atoms with Crippen molar-refractivity contribution in [2.75, 3.05) is 6.61 Å². The summed E-state index contributed by atoms with van der Waals surface area (Å²) in [5, 5.41) is 2.43. The molecule has 11 heavy (non-hydrogen) atoms. The molecule has 0 radical (unpaired) electrons. The summed E-state index contributed by atoms with van der Waals surface area (Å²) in [6.07, 6.45) is 1.65. The van der Waals surface area contributed by atoms with Gasteiger partial charge in [0.25, 0.3) is 5.01 Å².